The van der Waals surface area contributed by atoms with Crippen LogP contribution in [-0.4, -0.2) is 45.9 Å². The van der Waals surface area contributed by atoms with Gasteiger partial charge in [-0.1, -0.05) is 6.58 Å². The highest BCUT2D eigenvalue weighted by Crippen LogP contribution is 2.01. The monoisotopic (exact) mass is 294 g/mol. The molecule has 8 heteroatoms. The van der Waals surface area contributed by atoms with E-state index in [9.17, 15) is 18.0 Å². The quantitative estimate of drug-likeness (QED) is 0.263. The zero-order chi connectivity index (χ0) is 14.9. The predicted molar refractivity (Wildman–Crippen MR) is 66.7 cm³/mol. The molecule has 0 rings (SSSR count). The zero-order valence-corrected chi connectivity index (χ0v) is 11.8. The molecule has 0 aliphatic heterocycles. The van der Waals surface area contributed by atoms with Gasteiger partial charge in [-0.25, -0.2) is 9.59 Å². The van der Waals surface area contributed by atoms with Crippen LogP contribution >= 0.6 is 0 Å². The van der Waals surface area contributed by atoms with E-state index in [0.29, 0.717) is 12.8 Å². The molecule has 0 saturated carbocycles. The van der Waals surface area contributed by atoms with Gasteiger partial charge < -0.3 is 9.47 Å². The highest BCUT2D eigenvalue weighted by atomic mass is 32.2. The molecular weight excluding hydrogens is 276 g/mol. The number of hydrogen-bond donors (Lipinski definition) is 0. The Hall–Kier alpha value is -1.41. The van der Waals surface area contributed by atoms with E-state index in [1.165, 1.54) is 6.92 Å². The smallest absolute Gasteiger partial charge is 0.336 e. The highest BCUT2D eigenvalue weighted by Gasteiger charge is 2.19. The Labute approximate surface area is 112 Å². The second-order valence-electron chi connectivity index (χ2n) is 3.69. The normalized spacial score (nSPS) is 12.5. The summed E-state index contributed by atoms with van der Waals surface area (Å²) in [4.78, 5) is 22.0. The van der Waals surface area contributed by atoms with E-state index in [2.05, 4.69) is 10.8 Å². The summed E-state index contributed by atoms with van der Waals surface area (Å²) in [6.07, 6.45) is 1.75. The Morgan fingerprint density at radius 1 is 1.21 bits per heavy atom. The van der Waals surface area contributed by atoms with Crippen molar-refractivity contribution in [3.05, 3.63) is 12.7 Å². The minimum Gasteiger partial charge on any atom is -0.464 e. The van der Waals surface area contributed by atoms with Crippen molar-refractivity contribution in [2.75, 3.05) is 19.5 Å². The number of hydrogen-bond acceptors (Lipinski definition) is 7. The Kier molecular flexibility index (Phi) is 8.01. The van der Waals surface area contributed by atoms with Gasteiger partial charge in [0.25, 0.3) is 10.1 Å². The van der Waals surface area contributed by atoms with Crippen LogP contribution in [0, 0.1) is 0 Å². The van der Waals surface area contributed by atoms with Gasteiger partial charge in [-0.3, -0.25) is 4.18 Å². The maximum absolute atomic E-state index is 11.3. The SMILES string of the molecule is C=CC(=O)OCCCCOC(=O)C(C)OS(C)(=O)=O. The van der Waals surface area contributed by atoms with Crippen LogP contribution in [0.15, 0.2) is 12.7 Å². The molecule has 0 bridgehead atoms. The number of carbonyl (C=O) groups excluding carboxylic acids is 2. The lowest BCUT2D eigenvalue weighted by Gasteiger charge is -2.10. The third-order valence-electron chi connectivity index (χ3n) is 1.85. The second kappa shape index (κ2) is 8.65. The van der Waals surface area contributed by atoms with Gasteiger partial charge in [-0.05, 0) is 19.8 Å². The molecule has 0 aromatic rings. The lowest BCUT2D eigenvalue weighted by Crippen LogP contribution is -2.26. The van der Waals surface area contributed by atoms with Crippen molar-refractivity contribution in [2.24, 2.45) is 0 Å². The van der Waals surface area contributed by atoms with Gasteiger partial charge in [0.15, 0.2) is 6.10 Å². The average molecular weight is 294 g/mol. The van der Waals surface area contributed by atoms with Gasteiger partial charge >= 0.3 is 11.9 Å². The third-order valence-corrected chi connectivity index (χ3v) is 2.48. The number of esters is 2. The topological polar surface area (TPSA) is 96.0 Å². The molecule has 0 spiro atoms. The van der Waals surface area contributed by atoms with E-state index in [0.717, 1.165) is 12.3 Å². The van der Waals surface area contributed by atoms with Crippen LogP contribution in [0.2, 0.25) is 0 Å². The molecule has 0 amide bonds. The van der Waals surface area contributed by atoms with Gasteiger partial charge in [0, 0.05) is 6.08 Å². The summed E-state index contributed by atoms with van der Waals surface area (Å²) in [5.41, 5.74) is 0. The molecule has 1 atom stereocenters. The fourth-order valence-corrected chi connectivity index (χ4v) is 1.63. The fourth-order valence-electron chi connectivity index (χ4n) is 1.03. The standard InChI is InChI=1S/C11H18O7S/c1-4-10(12)16-7-5-6-8-17-11(13)9(2)18-19(3,14)15/h4,9H,1,5-8H2,2-3H3. The summed E-state index contributed by atoms with van der Waals surface area (Å²) in [5, 5.41) is 0. The van der Waals surface area contributed by atoms with Crippen LogP contribution < -0.4 is 0 Å². The summed E-state index contributed by atoms with van der Waals surface area (Å²) in [6, 6.07) is 0. The van der Waals surface area contributed by atoms with Crippen LogP contribution in [0.4, 0.5) is 0 Å². The van der Waals surface area contributed by atoms with Crippen LogP contribution in [0.1, 0.15) is 19.8 Å². The van der Waals surface area contributed by atoms with Gasteiger partial charge in [-0.2, -0.15) is 8.42 Å². The summed E-state index contributed by atoms with van der Waals surface area (Å²) in [6.45, 7) is 4.83. The molecule has 1 unspecified atom stereocenters. The van der Waals surface area contributed by atoms with Crippen LogP contribution in [0.5, 0.6) is 0 Å². The summed E-state index contributed by atoms with van der Waals surface area (Å²) < 4.78 is 35.5. The van der Waals surface area contributed by atoms with Crippen molar-refractivity contribution >= 4 is 22.1 Å². The first-order valence-corrected chi connectivity index (χ1v) is 7.42. The maximum Gasteiger partial charge on any atom is 0.336 e. The highest BCUT2D eigenvalue weighted by molar-refractivity contribution is 7.86. The molecule has 0 radical (unpaired) electrons. The molecule has 0 aliphatic carbocycles. The van der Waals surface area contributed by atoms with Gasteiger partial charge in [0.2, 0.25) is 0 Å². The van der Waals surface area contributed by atoms with Crippen LogP contribution in [-0.2, 0) is 33.4 Å². The van der Waals surface area contributed by atoms with Crippen molar-refractivity contribution in [2.45, 2.75) is 25.9 Å². The van der Waals surface area contributed by atoms with Crippen molar-refractivity contribution < 1.29 is 31.7 Å². The lowest BCUT2D eigenvalue weighted by atomic mass is 10.3. The Morgan fingerprint density at radius 2 is 1.74 bits per heavy atom. The van der Waals surface area contributed by atoms with E-state index >= 15 is 0 Å². The molecule has 110 valence electrons. The molecule has 0 aliphatic rings. The summed E-state index contributed by atoms with van der Waals surface area (Å²) in [5.74, 6) is -1.26. The van der Waals surface area contributed by atoms with Crippen molar-refractivity contribution in [3.8, 4) is 0 Å². The number of ether oxygens (including phenoxy) is 2. The van der Waals surface area contributed by atoms with E-state index in [1.807, 2.05) is 0 Å². The first-order chi connectivity index (χ1) is 8.76. The molecule has 0 heterocycles. The largest absolute Gasteiger partial charge is 0.464 e. The molecule has 0 aromatic carbocycles. The minimum absolute atomic E-state index is 0.0991. The number of carbonyl (C=O) groups is 2. The molecule has 0 fully saturated rings. The first kappa shape index (κ1) is 17.6. The maximum atomic E-state index is 11.3. The van der Waals surface area contributed by atoms with Gasteiger partial charge in [0.1, 0.15) is 0 Å². The fraction of sp³-hybridized carbons (Fsp3) is 0.636. The zero-order valence-electron chi connectivity index (χ0n) is 11.0. The van der Waals surface area contributed by atoms with Gasteiger partial charge in [0.05, 0.1) is 19.5 Å². The van der Waals surface area contributed by atoms with E-state index < -0.39 is 28.2 Å². The Bertz CT molecular complexity index is 413. The molecular formula is C11H18O7S. The molecule has 7 nitrogen and oxygen atoms in total. The molecule has 19 heavy (non-hydrogen) atoms. The Balaban J connectivity index is 3.69. The number of unbranched alkanes of at least 4 members (excludes halogenated alkanes) is 1. The van der Waals surface area contributed by atoms with Gasteiger partial charge in [-0.15, -0.1) is 0 Å². The van der Waals surface area contributed by atoms with Crippen LogP contribution in [0.3, 0.4) is 0 Å². The first-order valence-electron chi connectivity index (χ1n) is 5.60. The van der Waals surface area contributed by atoms with Crippen molar-refractivity contribution in [1.82, 2.24) is 0 Å². The molecule has 0 saturated heterocycles. The lowest BCUT2D eigenvalue weighted by molar-refractivity contribution is -0.151. The van der Waals surface area contributed by atoms with E-state index in [1.54, 1.807) is 0 Å². The molecule has 0 aromatic heterocycles. The Morgan fingerprint density at radius 3 is 2.21 bits per heavy atom. The van der Waals surface area contributed by atoms with Crippen LogP contribution in [0.25, 0.3) is 0 Å². The summed E-state index contributed by atoms with van der Waals surface area (Å²) in [7, 11) is -3.69. The van der Waals surface area contributed by atoms with E-state index in [4.69, 9.17) is 9.47 Å². The number of rotatable bonds is 9. The second-order valence-corrected chi connectivity index (χ2v) is 5.29. The van der Waals surface area contributed by atoms with E-state index in [-0.39, 0.29) is 13.2 Å². The minimum atomic E-state index is -3.69. The average Bonchev–Trinajstić information content (AvgIpc) is 2.30. The van der Waals surface area contributed by atoms with Crippen molar-refractivity contribution in [1.29, 1.82) is 0 Å². The predicted octanol–water partition coefficient (Wildman–Crippen LogP) is 0.404. The summed E-state index contributed by atoms with van der Waals surface area (Å²) >= 11 is 0. The molecule has 0 N–H and O–H groups in total. The third kappa shape index (κ3) is 10.2. The van der Waals surface area contributed by atoms with Crippen molar-refractivity contribution in [3.63, 3.8) is 0 Å².